The highest BCUT2D eigenvalue weighted by Crippen LogP contribution is 2.19. The van der Waals surface area contributed by atoms with Gasteiger partial charge in [-0.15, -0.1) is 0 Å². The summed E-state index contributed by atoms with van der Waals surface area (Å²) in [7, 11) is 0. The molecule has 3 heterocycles. The van der Waals surface area contributed by atoms with Crippen molar-refractivity contribution in [1.29, 1.82) is 0 Å². The molecule has 4 aromatic rings. The van der Waals surface area contributed by atoms with Crippen molar-refractivity contribution in [2.24, 2.45) is 0 Å². The van der Waals surface area contributed by atoms with E-state index in [0.29, 0.717) is 35.5 Å². The number of benzene rings is 1. The third kappa shape index (κ3) is 3.85. The van der Waals surface area contributed by atoms with Crippen LogP contribution in [0.4, 0.5) is 5.95 Å². The Labute approximate surface area is 160 Å². The zero-order valence-corrected chi connectivity index (χ0v) is 14.6. The summed E-state index contributed by atoms with van der Waals surface area (Å²) in [5, 5.41) is 12.2. The average Bonchev–Trinajstić information content (AvgIpc) is 3.22. The number of hydrogen-bond acceptors (Lipinski definition) is 7. The Morgan fingerprint density at radius 1 is 1.00 bits per heavy atom. The summed E-state index contributed by atoms with van der Waals surface area (Å²) in [6, 6.07) is 14.2. The minimum absolute atomic E-state index is 0.147. The van der Waals surface area contributed by atoms with Crippen molar-refractivity contribution in [2.45, 2.75) is 6.54 Å². The third-order valence-electron chi connectivity index (χ3n) is 3.93. The maximum atomic E-state index is 11.1. The van der Waals surface area contributed by atoms with Crippen molar-refractivity contribution in [3.63, 3.8) is 0 Å². The van der Waals surface area contributed by atoms with E-state index in [-0.39, 0.29) is 5.56 Å². The molecule has 0 spiro atoms. The van der Waals surface area contributed by atoms with E-state index in [1.54, 1.807) is 18.5 Å². The third-order valence-corrected chi connectivity index (χ3v) is 3.93. The average molecular weight is 373 g/mol. The molecule has 0 saturated heterocycles. The number of pyridine rings is 1. The number of rotatable bonds is 6. The molecule has 0 aliphatic rings. The second-order valence-electron chi connectivity index (χ2n) is 5.86. The molecule has 0 radical (unpaired) electrons. The zero-order chi connectivity index (χ0) is 19.3. The number of anilines is 1. The smallest absolute Gasteiger partial charge is 0.335 e. The first-order chi connectivity index (χ1) is 13.7. The molecule has 0 bridgehead atoms. The molecule has 3 aromatic heterocycles. The molecule has 138 valence electrons. The van der Waals surface area contributed by atoms with Crippen LogP contribution in [-0.2, 0) is 6.54 Å². The fraction of sp³-hybridized carbons (Fsp3) is 0.0500. The summed E-state index contributed by atoms with van der Waals surface area (Å²) in [4.78, 5) is 28.3. The Bertz CT molecular complexity index is 1110. The largest absolute Gasteiger partial charge is 0.478 e. The Morgan fingerprint density at radius 3 is 2.64 bits per heavy atom. The van der Waals surface area contributed by atoms with E-state index in [1.165, 1.54) is 18.3 Å². The zero-order valence-electron chi connectivity index (χ0n) is 14.6. The van der Waals surface area contributed by atoms with E-state index in [9.17, 15) is 4.79 Å². The second-order valence-corrected chi connectivity index (χ2v) is 5.86. The number of carbonyl (C=O) groups is 1. The number of nitrogens with one attached hydrogen (secondary N) is 1. The van der Waals surface area contributed by atoms with E-state index in [4.69, 9.17) is 9.52 Å². The lowest BCUT2D eigenvalue weighted by atomic mass is 10.2. The van der Waals surface area contributed by atoms with Crippen LogP contribution in [0.3, 0.4) is 0 Å². The van der Waals surface area contributed by atoms with Crippen LogP contribution in [0, 0.1) is 0 Å². The first kappa shape index (κ1) is 17.3. The Hall–Kier alpha value is -4.07. The van der Waals surface area contributed by atoms with Gasteiger partial charge in [0.1, 0.15) is 6.26 Å². The monoisotopic (exact) mass is 373 g/mol. The number of carboxylic acids is 1. The number of carboxylic acid groups (broad SMARTS) is 1. The molecule has 1 aromatic carbocycles. The van der Waals surface area contributed by atoms with E-state index < -0.39 is 5.97 Å². The summed E-state index contributed by atoms with van der Waals surface area (Å²) in [5.74, 6) is -0.0950. The van der Waals surface area contributed by atoms with Crippen LogP contribution in [0.5, 0.6) is 0 Å². The Morgan fingerprint density at radius 2 is 1.82 bits per heavy atom. The molecule has 8 heteroatoms. The van der Waals surface area contributed by atoms with Gasteiger partial charge in [0.15, 0.2) is 0 Å². The SMILES string of the molecule is O=C(O)c1ccnc(-c2ccnc(NCc3coc(-c4ccccc4)n3)n2)c1. The fourth-order valence-corrected chi connectivity index (χ4v) is 2.56. The predicted octanol–water partition coefficient (Wildman–Crippen LogP) is 3.50. The van der Waals surface area contributed by atoms with E-state index in [2.05, 4.69) is 25.3 Å². The number of oxazole rings is 1. The van der Waals surface area contributed by atoms with Crippen molar-refractivity contribution in [3.05, 3.63) is 78.4 Å². The van der Waals surface area contributed by atoms with E-state index in [1.807, 2.05) is 30.3 Å². The molecule has 0 saturated carbocycles. The van der Waals surface area contributed by atoms with Crippen LogP contribution in [0.15, 0.2) is 71.6 Å². The molecule has 2 N–H and O–H groups in total. The van der Waals surface area contributed by atoms with Crippen LogP contribution < -0.4 is 5.32 Å². The van der Waals surface area contributed by atoms with Crippen LogP contribution in [0.2, 0.25) is 0 Å². The molecule has 0 atom stereocenters. The maximum Gasteiger partial charge on any atom is 0.335 e. The minimum Gasteiger partial charge on any atom is -0.478 e. The number of hydrogen-bond donors (Lipinski definition) is 2. The molecule has 4 rings (SSSR count). The number of aromatic nitrogens is 4. The molecule has 0 fully saturated rings. The normalized spacial score (nSPS) is 10.6. The fourth-order valence-electron chi connectivity index (χ4n) is 2.56. The quantitative estimate of drug-likeness (QED) is 0.528. The van der Waals surface area contributed by atoms with Gasteiger partial charge in [0.2, 0.25) is 11.8 Å². The van der Waals surface area contributed by atoms with Crippen molar-refractivity contribution in [2.75, 3.05) is 5.32 Å². The summed E-state index contributed by atoms with van der Waals surface area (Å²) in [5.41, 5.74) is 2.73. The van der Waals surface area contributed by atoms with Crippen LogP contribution in [0.25, 0.3) is 22.8 Å². The van der Waals surface area contributed by atoms with Gasteiger partial charge in [-0.3, -0.25) is 4.98 Å². The van der Waals surface area contributed by atoms with Crippen LogP contribution >= 0.6 is 0 Å². The van der Waals surface area contributed by atoms with Crippen LogP contribution in [-0.4, -0.2) is 31.0 Å². The molecule has 8 nitrogen and oxygen atoms in total. The first-order valence-corrected chi connectivity index (χ1v) is 8.45. The first-order valence-electron chi connectivity index (χ1n) is 8.45. The molecule has 0 amide bonds. The molecule has 0 aliphatic carbocycles. The summed E-state index contributed by atoms with van der Waals surface area (Å²) in [6.07, 6.45) is 4.60. The molecule has 0 aliphatic heterocycles. The Kier molecular flexibility index (Phi) is 4.75. The lowest BCUT2D eigenvalue weighted by Crippen LogP contribution is -2.05. The number of aromatic carboxylic acids is 1. The van der Waals surface area contributed by atoms with E-state index in [0.717, 1.165) is 5.56 Å². The van der Waals surface area contributed by atoms with Gasteiger partial charge in [-0.1, -0.05) is 18.2 Å². The Balaban J connectivity index is 1.48. The summed E-state index contributed by atoms with van der Waals surface area (Å²) in [6.45, 7) is 0.377. The highest BCUT2D eigenvalue weighted by Gasteiger charge is 2.10. The minimum atomic E-state index is -1.02. The van der Waals surface area contributed by atoms with Crippen molar-refractivity contribution in [1.82, 2.24) is 19.9 Å². The van der Waals surface area contributed by atoms with Crippen LogP contribution in [0.1, 0.15) is 16.1 Å². The highest BCUT2D eigenvalue weighted by molar-refractivity contribution is 5.88. The van der Waals surface area contributed by atoms with Gasteiger partial charge in [-0.05, 0) is 30.3 Å². The number of nitrogens with zero attached hydrogens (tertiary/aromatic N) is 4. The summed E-state index contributed by atoms with van der Waals surface area (Å²) >= 11 is 0. The predicted molar refractivity (Wildman–Crippen MR) is 101 cm³/mol. The maximum absolute atomic E-state index is 11.1. The summed E-state index contributed by atoms with van der Waals surface area (Å²) < 4.78 is 5.51. The lowest BCUT2D eigenvalue weighted by Gasteiger charge is -2.05. The van der Waals surface area contributed by atoms with Gasteiger partial charge in [0.25, 0.3) is 0 Å². The van der Waals surface area contributed by atoms with Crippen molar-refractivity contribution >= 4 is 11.9 Å². The molecular weight excluding hydrogens is 358 g/mol. The topological polar surface area (TPSA) is 114 Å². The highest BCUT2D eigenvalue weighted by atomic mass is 16.4. The van der Waals surface area contributed by atoms with E-state index >= 15 is 0 Å². The second kappa shape index (κ2) is 7.67. The molecule has 0 unspecified atom stereocenters. The van der Waals surface area contributed by atoms with Gasteiger partial charge >= 0.3 is 5.97 Å². The van der Waals surface area contributed by atoms with Gasteiger partial charge in [-0.2, -0.15) is 0 Å². The molecular formula is C20H15N5O3. The standard InChI is InChI=1S/C20H15N5O3/c26-19(27)14-6-8-21-17(10-14)16-7-9-22-20(25-16)23-11-15-12-28-18(24-15)13-4-2-1-3-5-13/h1-10,12H,11H2,(H,26,27)(H,22,23,25). The van der Waals surface area contributed by atoms with Gasteiger partial charge < -0.3 is 14.8 Å². The molecule has 28 heavy (non-hydrogen) atoms. The lowest BCUT2D eigenvalue weighted by molar-refractivity contribution is 0.0697. The van der Waals surface area contributed by atoms with Crippen molar-refractivity contribution < 1.29 is 14.3 Å². The van der Waals surface area contributed by atoms with Gasteiger partial charge in [0.05, 0.1) is 29.2 Å². The van der Waals surface area contributed by atoms with Gasteiger partial charge in [-0.25, -0.2) is 19.7 Å². The van der Waals surface area contributed by atoms with Crippen molar-refractivity contribution in [3.8, 4) is 22.8 Å². The van der Waals surface area contributed by atoms with Gasteiger partial charge in [0, 0.05) is 18.0 Å².